The average molecular weight is 302 g/mol. The highest BCUT2D eigenvalue weighted by Gasteiger charge is 2.26. The van der Waals surface area contributed by atoms with Crippen molar-refractivity contribution in [3.63, 3.8) is 0 Å². The molecule has 3 rings (SSSR count). The maximum absolute atomic E-state index is 12.4. The molecule has 108 valence electrons. The molecular formula is C16H14O4S. The monoisotopic (exact) mass is 302 g/mol. The van der Waals surface area contributed by atoms with E-state index in [-0.39, 0.29) is 11.5 Å². The standard InChI is InChI=1S/C16H14O4S/c17-16(18)11-4-3-5-13(8-11)21(19)10-12-9-20-15-7-2-1-6-14(12)15/h1-8,12H,9-10H2,(H,17,18). The molecule has 0 saturated heterocycles. The first kappa shape index (κ1) is 13.8. The van der Waals surface area contributed by atoms with Crippen molar-refractivity contribution in [1.29, 1.82) is 0 Å². The van der Waals surface area contributed by atoms with Crippen molar-refractivity contribution in [2.75, 3.05) is 12.4 Å². The van der Waals surface area contributed by atoms with Crippen LogP contribution in [0.4, 0.5) is 0 Å². The maximum atomic E-state index is 12.4. The van der Waals surface area contributed by atoms with Gasteiger partial charge in [0.15, 0.2) is 0 Å². The minimum Gasteiger partial charge on any atom is -0.493 e. The van der Waals surface area contributed by atoms with Gasteiger partial charge in [-0.05, 0) is 24.3 Å². The Morgan fingerprint density at radius 1 is 1.24 bits per heavy atom. The van der Waals surface area contributed by atoms with Gasteiger partial charge in [0.25, 0.3) is 0 Å². The Morgan fingerprint density at radius 2 is 2.05 bits per heavy atom. The molecule has 1 aliphatic heterocycles. The first-order chi connectivity index (χ1) is 10.1. The Bertz CT molecular complexity index is 711. The number of carbonyl (C=O) groups is 1. The number of para-hydroxylation sites is 1. The topological polar surface area (TPSA) is 63.6 Å². The van der Waals surface area contributed by atoms with Gasteiger partial charge in [-0.2, -0.15) is 0 Å². The summed E-state index contributed by atoms with van der Waals surface area (Å²) < 4.78 is 18.0. The number of fused-ring (bicyclic) bond motifs is 1. The summed E-state index contributed by atoms with van der Waals surface area (Å²) in [6.45, 7) is 0.518. The number of carboxylic acid groups (broad SMARTS) is 1. The molecule has 21 heavy (non-hydrogen) atoms. The van der Waals surface area contributed by atoms with Gasteiger partial charge in [-0.1, -0.05) is 24.3 Å². The summed E-state index contributed by atoms with van der Waals surface area (Å²) in [5.74, 6) is 0.345. The Kier molecular flexibility index (Phi) is 3.75. The Hall–Kier alpha value is -2.14. The van der Waals surface area contributed by atoms with Crippen LogP contribution in [0.2, 0.25) is 0 Å². The second-order valence-corrected chi connectivity index (χ2v) is 6.39. The molecule has 0 spiro atoms. The molecule has 2 atom stereocenters. The van der Waals surface area contributed by atoms with Crippen molar-refractivity contribution in [2.24, 2.45) is 0 Å². The molecule has 0 amide bonds. The number of ether oxygens (including phenoxy) is 1. The van der Waals surface area contributed by atoms with Crippen LogP contribution in [0.3, 0.4) is 0 Å². The second kappa shape index (κ2) is 5.69. The van der Waals surface area contributed by atoms with Gasteiger partial charge in [-0.25, -0.2) is 4.79 Å². The summed E-state index contributed by atoms with van der Waals surface area (Å²) in [4.78, 5) is 11.5. The van der Waals surface area contributed by atoms with Crippen LogP contribution >= 0.6 is 0 Å². The third-order valence-corrected chi connectivity index (χ3v) is 4.98. The van der Waals surface area contributed by atoms with Gasteiger partial charge in [-0.3, -0.25) is 4.21 Å². The van der Waals surface area contributed by atoms with Gasteiger partial charge in [0, 0.05) is 22.1 Å². The number of carboxylic acids is 1. The van der Waals surface area contributed by atoms with E-state index in [9.17, 15) is 9.00 Å². The fourth-order valence-corrected chi connectivity index (χ4v) is 3.74. The van der Waals surface area contributed by atoms with Gasteiger partial charge in [-0.15, -0.1) is 0 Å². The predicted molar refractivity (Wildman–Crippen MR) is 79.4 cm³/mol. The quantitative estimate of drug-likeness (QED) is 0.943. The van der Waals surface area contributed by atoms with Gasteiger partial charge < -0.3 is 9.84 Å². The molecule has 0 aromatic heterocycles. The van der Waals surface area contributed by atoms with E-state index in [4.69, 9.17) is 9.84 Å². The number of hydrogen-bond donors (Lipinski definition) is 1. The van der Waals surface area contributed by atoms with Crippen molar-refractivity contribution < 1.29 is 18.8 Å². The smallest absolute Gasteiger partial charge is 0.335 e. The van der Waals surface area contributed by atoms with E-state index in [1.54, 1.807) is 12.1 Å². The average Bonchev–Trinajstić information content (AvgIpc) is 2.91. The molecule has 2 aromatic carbocycles. The number of rotatable bonds is 4. The van der Waals surface area contributed by atoms with Crippen LogP contribution < -0.4 is 4.74 Å². The highest BCUT2D eigenvalue weighted by atomic mass is 32.2. The lowest BCUT2D eigenvalue weighted by atomic mass is 10.0. The zero-order valence-electron chi connectivity index (χ0n) is 11.2. The Labute approximate surface area is 124 Å². The molecular weight excluding hydrogens is 288 g/mol. The molecule has 0 aliphatic carbocycles. The first-order valence-corrected chi connectivity index (χ1v) is 7.90. The van der Waals surface area contributed by atoms with E-state index in [1.165, 1.54) is 12.1 Å². The lowest BCUT2D eigenvalue weighted by Crippen LogP contribution is -2.11. The van der Waals surface area contributed by atoms with Crippen LogP contribution in [0.1, 0.15) is 21.8 Å². The van der Waals surface area contributed by atoms with Gasteiger partial charge >= 0.3 is 5.97 Å². The minimum absolute atomic E-state index is 0.0792. The summed E-state index contributed by atoms with van der Waals surface area (Å²) in [5, 5.41) is 8.99. The Balaban J connectivity index is 1.79. The molecule has 4 nitrogen and oxygen atoms in total. The van der Waals surface area contributed by atoms with Crippen LogP contribution in [0.15, 0.2) is 53.4 Å². The fourth-order valence-electron chi connectivity index (χ4n) is 2.42. The van der Waals surface area contributed by atoms with Gasteiger partial charge in [0.1, 0.15) is 5.75 Å². The largest absolute Gasteiger partial charge is 0.493 e. The minimum atomic E-state index is -1.25. The predicted octanol–water partition coefficient (Wildman–Crippen LogP) is 2.67. The van der Waals surface area contributed by atoms with E-state index in [2.05, 4.69) is 0 Å². The summed E-state index contributed by atoms with van der Waals surface area (Å²) in [6, 6.07) is 14.0. The molecule has 2 unspecified atom stereocenters. The zero-order chi connectivity index (χ0) is 14.8. The normalized spacial score (nSPS) is 17.8. The summed E-state index contributed by atoms with van der Waals surface area (Å²) in [5.41, 5.74) is 1.23. The highest BCUT2D eigenvalue weighted by Crippen LogP contribution is 2.34. The lowest BCUT2D eigenvalue weighted by molar-refractivity contribution is 0.0696. The zero-order valence-corrected chi connectivity index (χ0v) is 12.0. The van der Waals surface area contributed by atoms with Crippen LogP contribution in [0.5, 0.6) is 5.75 Å². The second-order valence-electron chi connectivity index (χ2n) is 4.89. The highest BCUT2D eigenvalue weighted by molar-refractivity contribution is 7.85. The van der Waals surface area contributed by atoms with Crippen LogP contribution in [0, 0.1) is 0 Å². The van der Waals surface area contributed by atoms with E-state index in [0.29, 0.717) is 17.3 Å². The fraction of sp³-hybridized carbons (Fsp3) is 0.188. The third kappa shape index (κ3) is 2.83. The number of aromatic carboxylic acids is 1. The molecule has 1 N–H and O–H groups in total. The van der Waals surface area contributed by atoms with E-state index < -0.39 is 16.8 Å². The molecule has 1 heterocycles. The maximum Gasteiger partial charge on any atom is 0.335 e. The van der Waals surface area contributed by atoms with E-state index in [1.807, 2.05) is 24.3 Å². The Morgan fingerprint density at radius 3 is 2.86 bits per heavy atom. The molecule has 1 aliphatic rings. The summed E-state index contributed by atoms with van der Waals surface area (Å²) in [7, 11) is -1.25. The first-order valence-electron chi connectivity index (χ1n) is 6.58. The van der Waals surface area contributed by atoms with Crippen molar-refractivity contribution in [3.8, 4) is 5.75 Å². The summed E-state index contributed by atoms with van der Waals surface area (Å²) >= 11 is 0. The molecule has 2 aromatic rings. The third-order valence-electron chi connectivity index (χ3n) is 3.50. The SMILES string of the molecule is O=C(O)c1cccc(S(=O)CC2COc3ccccc32)c1. The van der Waals surface area contributed by atoms with E-state index >= 15 is 0 Å². The molecule has 5 heteroatoms. The van der Waals surface area contributed by atoms with Crippen molar-refractivity contribution in [3.05, 3.63) is 59.7 Å². The molecule has 0 fully saturated rings. The van der Waals surface area contributed by atoms with Crippen LogP contribution in [-0.4, -0.2) is 27.6 Å². The van der Waals surface area contributed by atoms with Crippen LogP contribution in [0.25, 0.3) is 0 Å². The van der Waals surface area contributed by atoms with Gasteiger partial charge in [0.2, 0.25) is 0 Å². The molecule has 0 saturated carbocycles. The molecule has 0 bridgehead atoms. The summed E-state index contributed by atoms with van der Waals surface area (Å²) in [6.07, 6.45) is 0. The molecule has 0 radical (unpaired) electrons. The van der Waals surface area contributed by atoms with Crippen molar-refractivity contribution >= 4 is 16.8 Å². The number of benzene rings is 2. The lowest BCUT2D eigenvalue weighted by Gasteiger charge is -2.09. The van der Waals surface area contributed by atoms with Gasteiger partial charge in [0.05, 0.1) is 23.0 Å². The van der Waals surface area contributed by atoms with E-state index in [0.717, 1.165) is 11.3 Å². The number of hydrogen-bond acceptors (Lipinski definition) is 3. The van der Waals surface area contributed by atoms with Crippen molar-refractivity contribution in [1.82, 2.24) is 0 Å². The van der Waals surface area contributed by atoms with Crippen LogP contribution in [-0.2, 0) is 10.8 Å². The van der Waals surface area contributed by atoms with Crippen molar-refractivity contribution in [2.45, 2.75) is 10.8 Å².